The second-order valence-corrected chi connectivity index (χ2v) is 4.97. The molecule has 0 aliphatic rings. The zero-order valence-corrected chi connectivity index (χ0v) is 11.2. The van der Waals surface area contributed by atoms with Gasteiger partial charge in [0.2, 0.25) is 34.8 Å². The summed E-state index contributed by atoms with van der Waals surface area (Å²) >= 11 is 1.23. The van der Waals surface area contributed by atoms with Gasteiger partial charge < -0.3 is 4.74 Å². The number of carbonyl (C=O) groups is 1. The third-order valence-electron chi connectivity index (χ3n) is 2.38. The fraction of sp³-hybridized carbons (Fsp3) is 0.167. The van der Waals surface area contributed by atoms with Crippen molar-refractivity contribution in [1.82, 2.24) is 4.98 Å². The Labute approximate surface area is 119 Å². The second kappa shape index (κ2) is 5.76. The van der Waals surface area contributed by atoms with E-state index in [1.807, 2.05) is 0 Å². The Morgan fingerprint density at radius 1 is 1.10 bits per heavy atom. The minimum Gasteiger partial charge on any atom is -0.420 e. The number of halogens is 5. The molecule has 0 aliphatic carbocycles. The highest BCUT2D eigenvalue weighted by molar-refractivity contribution is 7.09. The lowest BCUT2D eigenvalue weighted by Crippen LogP contribution is -2.15. The number of hydrogen-bond acceptors (Lipinski definition) is 4. The molecule has 0 unspecified atom stereocenters. The summed E-state index contributed by atoms with van der Waals surface area (Å²) in [5.41, 5.74) is 0.270. The zero-order chi connectivity index (χ0) is 15.7. The average Bonchev–Trinajstić information content (AvgIpc) is 2.84. The third-order valence-corrected chi connectivity index (χ3v) is 3.20. The van der Waals surface area contributed by atoms with E-state index < -0.39 is 47.2 Å². The smallest absolute Gasteiger partial charge is 0.317 e. The molecule has 0 bridgehead atoms. The predicted molar refractivity (Wildman–Crippen MR) is 62.4 cm³/mol. The normalized spacial score (nSPS) is 10.8. The average molecular weight is 323 g/mol. The summed E-state index contributed by atoms with van der Waals surface area (Å²) in [4.78, 5) is 15.4. The topological polar surface area (TPSA) is 39.2 Å². The maximum atomic E-state index is 13.3. The van der Waals surface area contributed by atoms with Crippen molar-refractivity contribution in [1.29, 1.82) is 0 Å². The monoisotopic (exact) mass is 323 g/mol. The van der Waals surface area contributed by atoms with Gasteiger partial charge in [0.05, 0.1) is 17.1 Å². The van der Waals surface area contributed by atoms with Crippen LogP contribution in [0.15, 0.2) is 5.38 Å². The highest BCUT2D eigenvalue weighted by atomic mass is 32.1. The quantitative estimate of drug-likeness (QED) is 0.286. The molecule has 0 amide bonds. The van der Waals surface area contributed by atoms with Gasteiger partial charge in [0.1, 0.15) is 0 Å². The highest BCUT2D eigenvalue weighted by Gasteiger charge is 2.28. The number of hydrogen-bond donors (Lipinski definition) is 0. The van der Waals surface area contributed by atoms with Crippen molar-refractivity contribution < 1.29 is 31.5 Å². The molecule has 0 N–H and O–H groups in total. The van der Waals surface area contributed by atoms with Crippen molar-refractivity contribution in [2.24, 2.45) is 0 Å². The Morgan fingerprint density at radius 2 is 1.62 bits per heavy atom. The number of aryl methyl sites for hydroxylation is 1. The number of aromatic nitrogens is 1. The van der Waals surface area contributed by atoms with Crippen molar-refractivity contribution in [2.75, 3.05) is 0 Å². The fourth-order valence-corrected chi connectivity index (χ4v) is 2.07. The molecule has 112 valence electrons. The van der Waals surface area contributed by atoms with E-state index in [1.165, 1.54) is 16.7 Å². The minimum atomic E-state index is -2.32. The lowest BCUT2D eigenvalue weighted by Gasteiger charge is -2.08. The summed E-state index contributed by atoms with van der Waals surface area (Å²) in [6, 6.07) is 0. The van der Waals surface area contributed by atoms with Crippen LogP contribution in [0.4, 0.5) is 22.0 Å². The van der Waals surface area contributed by atoms with Gasteiger partial charge >= 0.3 is 5.97 Å². The van der Waals surface area contributed by atoms with E-state index in [1.54, 1.807) is 6.92 Å². The number of carbonyl (C=O) groups excluding carboxylic acids is 1. The molecule has 0 aliphatic heterocycles. The van der Waals surface area contributed by atoms with Crippen molar-refractivity contribution in [3.8, 4) is 5.75 Å². The number of benzene rings is 1. The zero-order valence-electron chi connectivity index (χ0n) is 10.3. The molecule has 1 aromatic heterocycles. The maximum Gasteiger partial charge on any atom is 0.317 e. The van der Waals surface area contributed by atoms with Gasteiger partial charge in [0, 0.05) is 5.38 Å². The molecular weight excluding hydrogens is 317 g/mol. The van der Waals surface area contributed by atoms with Crippen LogP contribution in [-0.2, 0) is 11.2 Å². The van der Waals surface area contributed by atoms with Gasteiger partial charge in [-0.1, -0.05) is 0 Å². The standard InChI is InChI=1S/C12H6F5NO2S/c1-4-18-5(3-21-4)2-6(19)20-12-10(16)8(14)7(13)9(15)11(12)17/h3H,2H2,1H3. The SMILES string of the molecule is Cc1nc(CC(=O)Oc2c(F)c(F)c(F)c(F)c2F)cs1. The fourth-order valence-electron chi connectivity index (χ4n) is 1.46. The second-order valence-electron chi connectivity index (χ2n) is 3.91. The summed E-state index contributed by atoms with van der Waals surface area (Å²) in [6.45, 7) is 1.67. The Bertz CT molecular complexity index is 687. The molecule has 2 rings (SSSR count). The number of rotatable bonds is 3. The first-order valence-electron chi connectivity index (χ1n) is 5.44. The Kier molecular flexibility index (Phi) is 4.21. The summed E-state index contributed by atoms with van der Waals surface area (Å²) in [5.74, 6) is -13.9. The van der Waals surface area contributed by atoms with Crippen LogP contribution in [0.2, 0.25) is 0 Å². The van der Waals surface area contributed by atoms with E-state index in [0.29, 0.717) is 5.01 Å². The van der Waals surface area contributed by atoms with E-state index in [-0.39, 0.29) is 5.69 Å². The van der Waals surface area contributed by atoms with Crippen LogP contribution in [0.5, 0.6) is 5.75 Å². The van der Waals surface area contributed by atoms with Crippen LogP contribution in [0.1, 0.15) is 10.7 Å². The van der Waals surface area contributed by atoms with E-state index in [2.05, 4.69) is 9.72 Å². The summed E-state index contributed by atoms with van der Waals surface area (Å²) in [6.07, 6.45) is -0.455. The van der Waals surface area contributed by atoms with Crippen molar-refractivity contribution in [3.05, 3.63) is 45.2 Å². The molecule has 0 radical (unpaired) electrons. The van der Waals surface area contributed by atoms with Gasteiger partial charge in [-0.25, -0.2) is 18.2 Å². The van der Waals surface area contributed by atoms with Crippen molar-refractivity contribution >= 4 is 17.3 Å². The van der Waals surface area contributed by atoms with Crippen LogP contribution in [0.3, 0.4) is 0 Å². The molecule has 0 saturated heterocycles. The summed E-state index contributed by atoms with van der Waals surface area (Å²) in [7, 11) is 0. The van der Waals surface area contributed by atoms with Gasteiger partial charge in [0.15, 0.2) is 0 Å². The highest BCUT2D eigenvalue weighted by Crippen LogP contribution is 2.29. The Morgan fingerprint density at radius 3 is 2.10 bits per heavy atom. The molecule has 1 heterocycles. The number of ether oxygens (including phenoxy) is 1. The molecule has 21 heavy (non-hydrogen) atoms. The third kappa shape index (κ3) is 3.02. The van der Waals surface area contributed by atoms with Crippen molar-refractivity contribution in [2.45, 2.75) is 13.3 Å². The number of thiazole rings is 1. The largest absolute Gasteiger partial charge is 0.420 e. The molecule has 2 aromatic rings. The molecule has 0 spiro atoms. The van der Waals surface area contributed by atoms with Gasteiger partial charge in [-0.15, -0.1) is 11.3 Å². The molecular formula is C12H6F5NO2S. The number of nitrogens with zero attached hydrogens (tertiary/aromatic N) is 1. The molecule has 0 saturated carbocycles. The van der Waals surface area contributed by atoms with Gasteiger partial charge in [-0.05, 0) is 6.92 Å². The van der Waals surface area contributed by atoms with Gasteiger partial charge in [-0.2, -0.15) is 8.78 Å². The van der Waals surface area contributed by atoms with Crippen LogP contribution in [-0.4, -0.2) is 11.0 Å². The first-order chi connectivity index (χ1) is 9.81. The maximum absolute atomic E-state index is 13.3. The first kappa shape index (κ1) is 15.4. The van der Waals surface area contributed by atoms with Crippen LogP contribution < -0.4 is 4.74 Å². The molecule has 3 nitrogen and oxygen atoms in total. The molecule has 0 atom stereocenters. The lowest BCUT2D eigenvalue weighted by atomic mass is 10.2. The van der Waals surface area contributed by atoms with E-state index >= 15 is 0 Å². The summed E-state index contributed by atoms with van der Waals surface area (Å²) < 4.78 is 69.5. The minimum absolute atomic E-state index is 0.270. The Hall–Kier alpha value is -2.03. The van der Waals surface area contributed by atoms with E-state index in [9.17, 15) is 26.7 Å². The summed E-state index contributed by atoms with van der Waals surface area (Å²) in [5, 5.41) is 2.16. The van der Waals surface area contributed by atoms with Crippen LogP contribution in [0, 0.1) is 36.0 Å². The molecule has 9 heteroatoms. The van der Waals surface area contributed by atoms with Gasteiger partial charge in [-0.3, -0.25) is 4.79 Å². The van der Waals surface area contributed by atoms with Gasteiger partial charge in [0.25, 0.3) is 0 Å². The molecule has 0 fully saturated rings. The number of esters is 1. The van der Waals surface area contributed by atoms with E-state index in [4.69, 9.17) is 0 Å². The predicted octanol–water partition coefficient (Wildman–Crippen LogP) is 3.30. The first-order valence-corrected chi connectivity index (χ1v) is 6.32. The van der Waals surface area contributed by atoms with Crippen LogP contribution in [0.25, 0.3) is 0 Å². The van der Waals surface area contributed by atoms with Crippen LogP contribution >= 0.6 is 11.3 Å². The van der Waals surface area contributed by atoms with E-state index in [0.717, 1.165) is 0 Å². The molecule has 1 aromatic carbocycles. The lowest BCUT2D eigenvalue weighted by molar-refractivity contribution is -0.134. The Balaban J connectivity index is 2.25. The van der Waals surface area contributed by atoms with Crippen molar-refractivity contribution in [3.63, 3.8) is 0 Å².